The highest BCUT2D eigenvalue weighted by molar-refractivity contribution is 8.14. The molecule has 4 nitrogen and oxygen atoms in total. The Kier molecular flexibility index (Phi) is 4.85. The predicted molar refractivity (Wildman–Crippen MR) is 64.5 cm³/mol. The highest BCUT2D eigenvalue weighted by Gasteiger charge is 2.09. The Labute approximate surface area is 100 Å². The van der Waals surface area contributed by atoms with Crippen LogP contribution in [0.3, 0.4) is 0 Å². The fourth-order valence-electron chi connectivity index (χ4n) is 1.05. The molecule has 0 saturated heterocycles. The van der Waals surface area contributed by atoms with E-state index < -0.39 is 11.0 Å². The molecular weight excluding hydrogens is 246 g/mol. The Morgan fingerprint density at radius 3 is 2.69 bits per heavy atom. The van der Waals surface area contributed by atoms with Crippen LogP contribution >= 0.6 is 11.8 Å². The summed E-state index contributed by atoms with van der Waals surface area (Å²) in [6, 6.07) is 6.30. The predicted octanol–water partition coefficient (Wildman–Crippen LogP) is 1.13. The summed E-state index contributed by atoms with van der Waals surface area (Å²) in [7, 11) is -1.59. The lowest BCUT2D eigenvalue weighted by Crippen LogP contribution is -2.07. The molecule has 1 aromatic carbocycles. The van der Waals surface area contributed by atoms with Gasteiger partial charge in [-0.25, -0.2) is 9.35 Å². The Bertz CT molecular complexity index is 445. The highest BCUT2D eigenvalue weighted by Crippen LogP contribution is 2.11. The van der Waals surface area contributed by atoms with E-state index >= 15 is 0 Å². The van der Waals surface area contributed by atoms with Crippen LogP contribution in [0, 0.1) is 0 Å². The number of thioether (sulfide) groups is 1. The average Bonchev–Trinajstić information content (AvgIpc) is 2.26. The van der Waals surface area contributed by atoms with E-state index in [1.54, 1.807) is 18.2 Å². The number of rotatable bonds is 4. The molecule has 1 unspecified atom stereocenters. The molecule has 1 atom stereocenters. The van der Waals surface area contributed by atoms with Gasteiger partial charge in [0.25, 0.3) is 0 Å². The minimum absolute atomic E-state index is 0.0932. The van der Waals surface area contributed by atoms with E-state index in [1.165, 1.54) is 13.0 Å². The van der Waals surface area contributed by atoms with Gasteiger partial charge in [-0.15, -0.1) is 0 Å². The molecule has 6 heteroatoms. The van der Waals surface area contributed by atoms with Crippen molar-refractivity contribution in [1.29, 1.82) is 0 Å². The second kappa shape index (κ2) is 5.93. The third kappa shape index (κ3) is 3.88. The second-order valence-corrected chi connectivity index (χ2v) is 5.25. The van der Waals surface area contributed by atoms with Crippen LogP contribution in [-0.4, -0.2) is 20.9 Å². The molecule has 1 aromatic rings. The zero-order valence-corrected chi connectivity index (χ0v) is 10.3. The Hall–Kier alpha value is -0.980. The van der Waals surface area contributed by atoms with E-state index in [2.05, 4.69) is 0 Å². The Morgan fingerprint density at radius 1 is 1.44 bits per heavy atom. The van der Waals surface area contributed by atoms with E-state index in [-0.39, 0.29) is 16.7 Å². The summed E-state index contributed by atoms with van der Waals surface area (Å²) in [5.74, 6) is -0.0804. The van der Waals surface area contributed by atoms with Gasteiger partial charge in [-0.3, -0.25) is 9.59 Å². The van der Waals surface area contributed by atoms with Gasteiger partial charge in [-0.05, 0) is 12.1 Å². The van der Waals surface area contributed by atoms with Crippen molar-refractivity contribution in [3.05, 3.63) is 29.8 Å². The molecule has 16 heavy (non-hydrogen) atoms. The average molecular weight is 257 g/mol. The van der Waals surface area contributed by atoms with Crippen molar-refractivity contribution >= 4 is 33.6 Å². The zero-order valence-electron chi connectivity index (χ0n) is 8.64. The van der Waals surface area contributed by atoms with Gasteiger partial charge in [0, 0.05) is 12.5 Å². The van der Waals surface area contributed by atoms with Gasteiger partial charge in [0.15, 0.2) is 10.9 Å². The summed E-state index contributed by atoms with van der Waals surface area (Å²) in [5.41, 5.74) is 0.421. The molecule has 0 amide bonds. The van der Waals surface area contributed by atoms with Crippen molar-refractivity contribution in [2.45, 2.75) is 11.8 Å². The molecule has 0 spiro atoms. The lowest BCUT2D eigenvalue weighted by Gasteiger charge is -2.01. The molecule has 0 bridgehead atoms. The Morgan fingerprint density at radius 2 is 2.12 bits per heavy atom. The maximum atomic E-state index is 11.6. The molecule has 0 aliphatic carbocycles. The molecule has 0 aliphatic heterocycles. The van der Waals surface area contributed by atoms with Gasteiger partial charge >= 0.3 is 0 Å². The number of ketones is 1. The number of nitrogens with two attached hydrogens (primary N) is 1. The van der Waals surface area contributed by atoms with Crippen LogP contribution in [0.1, 0.15) is 17.3 Å². The topological polar surface area (TPSA) is 77.2 Å². The molecule has 0 radical (unpaired) electrons. The number of hydrogen-bond donors (Lipinski definition) is 1. The molecule has 86 valence electrons. The van der Waals surface area contributed by atoms with Gasteiger partial charge in [-0.2, -0.15) is 0 Å². The monoisotopic (exact) mass is 257 g/mol. The van der Waals surface area contributed by atoms with Gasteiger partial charge in [0.2, 0.25) is 0 Å². The van der Waals surface area contributed by atoms with Crippen molar-refractivity contribution < 1.29 is 13.8 Å². The van der Waals surface area contributed by atoms with Crippen molar-refractivity contribution in [3.8, 4) is 0 Å². The molecule has 0 heterocycles. The fourth-order valence-corrected chi connectivity index (χ4v) is 2.00. The minimum Gasteiger partial charge on any atom is -0.293 e. The van der Waals surface area contributed by atoms with Crippen molar-refractivity contribution in [1.82, 2.24) is 0 Å². The van der Waals surface area contributed by atoms with Crippen LogP contribution in [0.25, 0.3) is 0 Å². The quantitative estimate of drug-likeness (QED) is 0.820. The van der Waals surface area contributed by atoms with E-state index in [1.807, 2.05) is 0 Å². The summed E-state index contributed by atoms with van der Waals surface area (Å²) in [6.07, 6.45) is 0. The van der Waals surface area contributed by atoms with Crippen molar-refractivity contribution in [2.75, 3.05) is 5.75 Å². The third-order valence-corrected chi connectivity index (χ3v) is 3.33. The number of hydrogen-bond acceptors (Lipinski definition) is 4. The lowest BCUT2D eigenvalue weighted by atomic mass is 10.1. The third-order valence-electron chi connectivity index (χ3n) is 1.79. The number of benzene rings is 1. The maximum Gasteiger partial charge on any atom is 0.186 e. The van der Waals surface area contributed by atoms with E-state index in [0.29, 0.717) is 10.5 Å². The summed E-state index contributed by atoms with van der Waals surface area (Å²) >= 11 is 0.953. The largest absolute Gasteiger partial charge is 0.293 e. The minimum atomic E-state index is -1.59. The van der Waals surface area contributed by atoms with Gasteiger partial charge in [0.1, 0.15) is 11.0 Å². The molecule has 1 rings (SSSR count). The first-order valence-electron chi connectivity index (χ1n) is 4.43. The summed E-state index contributed by atoms with van der Waals surface area (Å²) < 4.78 is 11.0. The van der Waals surface area contributed by atoms with E-state index in [9.17, 15) is 13.8 Å². The zero-order chi connectivity index (χ0) is 12.1. The number of carbonyl (C=O) groups excluding carboxylic acids is 2. The molecule has 0 fully saturated rings. The van der Waals surface area contributed by atoms with Crippen LogP contribution in [-0.2, 0) is 15.8 Å². The van der Waals surface area contributed by atoms with E-state index in [4.69, 9.17) is 5.14 Å². The van der Waals surface area contributed by atoms with Crippen LogP contribution in [0.2, 0.25) is 0 Å². The first-order valence-corrected chi connectivity index (χ1v) is 6.63. The number of Topliss-reactive ketones (excluding diaryl/α,β-unsaturated/α-hetero) is 1. The van der Waals surface area contributed by atoms with Crippen molar-refractivity contribution in [2.24, 2.45) is 5.14 Å². The van der Waals surface area contributed by atoms with Gasteiger partial charge < -0.3 is 0 Å². The molecule has 0 aromatic heterocycles. The maximum absolute atomic E-state index is 11.6. The Balaban J connectivity index is 2.79. The summed E-state index contributed by atoms with van der Waals surface area (Å²) in [4.78, 5) is 22.7. The van der Waals surface area contributed by atoms with E-state index in [0.717, 1.165) is 11.8 Å². The molecule has 0 saturated carbocycles. The first-order chi connectivity index (χ1) is 7.50. The number of carbonyl (C=O) groups is 2. The second-order valence-electron chi connectivity index (χ2n) is 3.03. The lowest BCUT2D eigenvalue weighted by molar-refractivity contribution is -0.109. The fraction of sp³-hybridized carbons (Fsp3) is 0.200. The van der Waals surface area contributed by atoms with Crippen LogP contribution in [0.15, 0.2) is 29.2 Å². The standard InChI is InChI=1S/C10H11NO3S2/c1-7(12)15-6-10(13)8-3-2-4-9(5-8)16(11)14/h2-5H,6,11H2,1H3. The SMILES string of the molecule is CC(=O)SCC(=O)c1cccc(S(N)=O)c1. The normalized spacial score (nSPS) is 12.1. The molecule has 0 aliphatic rings. The van der Waals surface area contributed by atoms with Crippen LogP contribution in [0.4, 0.5) is 0 Å². The highest BCUT2D eigenvalue weighted by atomic mass is 32.2. The van der Waals surface area contributed by atoms with Gasteiger partial charge in [-0.1, -0.05) is 23.9 Å². The van der Waals surface area contributed by atoms with Crippen LogP contribution < -0.4 is 5.14 Å². The smallest absolute Gasteiger partial charge is 0.186 e. The summed E-state index contributed by atoms with van der Waals surface area (Å²) in [5, 5.41) is 5.10. The molecular formula is C10H11NO3S2. The van der Waals surface area contributed by atoms with Crippen LogP contribution in [0.5, 0.6) is 0 Å². The van der Waals surface area contributed by atoms with Crippen molar-refractivity contribution in [3.63, 3.8) is 0 Å². The van der Waals surface area contributed by atoms with Gasteiger partial charge in [0.05, 0.1) is 10.6 Å². The molecule has 2 N–H and O–H groups in total. The summed E-state index contributed by atoms with van der Waals surface area (Å²) in [6.45, 7) is 1.41. The first kappa shape index (κ1) is 13.1.